The van der Waals surface area contributed by atoms with Gasteiger partial charge < -0.3 is 9.88 Å². The predicted octanol–water partition coefficient (Wildman–Crippen LogP) is 2.76. The van der Waals surface area contributed by atoms with E-state index in [1.807, 2.05) is 19.3 Å². The van der Waals surface area contributed by atoms with Gasteiger partial charge in [0.1, 0.15) is 0 Å². The number of hydrogen-bond donors (Lipinski definition) is 1. The summed E-state index contributed by atoms with van der Waals surface area (Å²) >= 11 is 1.58. The fourth-order valence-electron chi connectivity index (χ4n) is 2.62. The zero-order valence-electron chi connectivity index (χ0n) is 11.3. The van der Waals surface area contributed by atoms with E-state index in [0.717, 1.165) is 18.0 Å². The molecule has 0 radical (unpaired) electrons. The number of aromatic nitrogens is 2. The molecule has 1 amide bonds. The third-order valence-corrected chi connectivity index (χ3v) is 5.02. The minimum absolute atomic E-state index is 0.0690. The van der Waals surface area contributed by atoms with Crippen LogP contribution in [0.4, 0.5) is 0 Å². The first-order chi connectivity index (χ1) is 9.24. The van der Waals surface area contributed by atoms with E-state index in [9.17, 15) is 4.79 Å². The molecule has 4 nitrogen and oxygen atoms in total. The highest BCUT2D eigenvalue weighted by Crippen LogP contribution is 2.38. The number of thioether (sulfide) groups is 1. The summed E-state index contributed by atoms with van der Waals surface area (Å²) in [6.07, 6.45) is 11.1. The summed E-state index contributed by atoms with van der Waals surface area (Å²) in [4.78, 5) is 16.5. The first-order valence-corrected chi connectivity index (χ1v) is 8.12. The van der Waals surface area contributed by atoms with Crippen LogP contribution in [0.25, 0.3) is 0 Å². The zero-order chi connectivity index (χ0) is 13.2. The van der Waals surface area contributed by atoms with Gasteiger partial charge in [0, 0.05) is 24.5 Å². The average molecular weight is 279 g/mol. The molecule has 2 aliphatic carbocycles. The normalized spacial score (nSPS) is 21.5. The van der Waals surface area contributed by atoms with Gasteiger partial charge in [0.15, 0.2) is 5.16 Å². The number of carbonyl (C=O) groups excluding carboxylic acids is 1. The largest absolute Gasteiger partial charge is 0.352 e. The maximum atomic E-state index is 12.2. The second-order valence-corrected chi connectivity index (χ2v) is 6.91. The van der Waals surface area contributed by atoms with Gasteiger partial charge in [-0.1, -0.05) is 24.6 Å². The molecule has 1 atom stereocenters. The molecule has 2 fully saturated rings. The topological polar surface area (TPSA) is 46.9 Å². The van der Waals surface area contributed by atoms with E-state index in [4.69, 9.17) is 0 Å². The van der Waals surface area contributed by atoms with Crippen LogP contribution >= 0.6 is 11.8 Å². The fraction of sp³-hybridized carbons (Fsp3) is 0.714. The van der Waals surface area contributed by atoms with E-state index in [1.165, 1.54) is 25.7 Å². The highest BCUT2D eigenvalue weighted by atomic mass is 32.2. The first-order valence-electron chi connectivity index (χ1n) is 7.24. The van der Waals surface area contributed by atoms with Gasteiger partial charge >= 0.3 is 0 Å². The van der Waals surface area contributed by atoms with Crippen LogP contribution in [0.1, 0.15) is 51.5 Å². The molecule has 0 aromatic carbocycles. The van der Waals surface area contributed by atoms with Crippen LogP contribution in [-0.2, 0) is 4.79 Å². The highest BCUT2D eigenvalue weighted by Gasteiger charge is 2.28. The van der Waals surface area contributed by atoms with Crippen molar-refractivity contribution in [2.45, 2.75) is 67.9 Å². The Morgan fingerprint density at radius 3 is 2.84 bits per heavy atom. The van der Waals surface area contributed by atoms with Crippen molar-refractivity contribution in [3.8, 4) is 0 Å². The summed E-state index contributed by atoms with van der Waals surface area (Å²) in [5.41, 5.74) is 0. The summed E-state index contributed by atoms with van der Waals surface area (Å²) in [5, 5.41) is 4.07. The first kappa shape index (κ1) is 13.0. The lowest BCUT2D eigenvalue weighted by atomic mass is 10.2. The zero-order valence-corrected chi connectivity index (χ0v) is 12.2. The van der Waals surface area contributed by atoms with Crippen molar-refractivity contribution < 1.29 is 4.79 Å². The molecule has 104 valence electrons. The van der Waals surface area contributed by atoms with Crippen LogP contribution in [-0.4, -0.2) is 26.8 Å². The van der Waals surface area contributed by atoms with Crippen LogP contribution in [0.5, 0.6) is 0 Å². The van der Waals surface area contributed by atoms with Gasteiger partial charge in [-0.05, 0) is 32.6 Å². The molecular formula is C14H21N3OS. The Morgan fingerprint density at radius 1 is 1.42 bits per heavy atom. The molecule has 0 saturated heterocycles. The van der Waals surface area contributed by atoms with Crippen LogP contribution in [0.15, 0.2) is 17.6 Å². The number of nitrogens with zero attached hydrogens (tertiary/aromatic N) is 2. The van der Waals surface area contributed by atoms with Crippen LogP contribution in [0, 0.1) is 0 Å². The summed E-state index contributed by atoms with van der Waals surface area (Å²) in [6.45, 7) is 1.97. The SMILES string of the molecule is C[C@@H](Sc1nccn1C1CC1)C(=O)NC1CCCC1. The van der Waals surface area contributed by atoms with E-state index in [0.29, 0.717) is 12.1 Å². The third-order valence-electron chi connectivity index (χ3n) is 3.93. The molecule has 3 rings (SSSR count). The van der Waals surface area contributed by atoms with Crippen molar-refractivity contribution in [3.05, 3.63) is 12.4 Å². The van der Waals surface area contributed by atoms with Crippen molar-refractivity contribution in [1.82, 2.24) is 14.9 Å². The Labute approximate surface area is 118 Å². The smallest absolute Gasteiger partial charge is 0.233 e. The highest BCUT2D eigenvalue weighted by molar-refractivity contribution is 8.00. The lowest BCUT2D eigenvalue weighted by molar-refractivity contribution is -0.120. The molecular weight excluding hydrogens is 258 g/mol. The van der Waals surface area contributed by atoms with Crippen molar-refractivity contribution in [3.63, 3.8) is 0 Å². The average Bonchev–Trinajstić information content (AvgIpc) is 2.92. The van der Waals surface area contributed by atoms with Gasteiger partial charge in [-0.15, -0.1) is 0 Å². The van der Waals surface area contributed by atoms with E-state index >= 15 is 0 Å². The quantitative estimate of drug-likeness (QED) is 0.843. The second-order valence-electron chi connectivity index (χ2n) is 5.60. The molecule has 1 N–H and O–H groups in total. The number of imidazole rings is 1. The number of nitrogens with one attached hydrogen (secondary N) is 1. The van der Waals surface area contributed by atoms with Crippen LogP contribution in [0.3, 0.4) is 0 Å². The lowest BCUT2D eigenvalue weighted by Gasteiger charge is -2.16. The molecule has 0 unspecified atom stereocenters. The molecule has 1 aromatic heterocycles. The molecule has 19 heavy (non-hydrogen) atoms. The Morgan fingerprint density at radius 2 is 2.16 bits per heavy atom. The van der Waals surface area contributed by atoms with Crippen molar-refractivity contribution in [2.75, 3.05) is 0 Å². The Balaban J connectivity index is 1.55. The van der Waals surface area contributed by atoms with Gasteiger partial charge in [0.25, 0.3) is 0 Å². The van der Waals surface area contributed by atoms with Gasteiger partial charge in [-0.25, -0.2) is 4.98 Å². The molecule has 5 heteroatoms. The van der Waals surface area contributed by atoms with E-state index in [2.05, 4.69) is 14.9 Å². The maximum Gasteiger partial charge on any atom is 0.233 e. The molecule has 0 aliphatic heterocycles. The molecule has 1 heterocycles. The summed E-state index contributed by atoms with van der Waals surface area (Å²) in [6, 6.07) is 1.02. The summed E-state index contributed by atoms with van der Waals surface area (Å²) < 4.78 is 2.21. The molecule has 0 spiro atoms. The minimum atomic E-state index is -0.0690. The Hall–Kier alpha value is -0.970. The number of amides is 1. The summed E-state index contributed by atoms with van der Waals surface area (Å²) in [5.74, 6) is 0.155. The van der Waals surface area contributed by atoms with Crippen LogP contribution in [0.2, 0.25) is 0 Å². The minimum Gasteiger partial charge on any atom is -0.352 e. The number of rotatable bonds is 5. The molecule has 0 bridgehead atoms. The standard InChI is InChI=1S/C14H21N3OS/c1-10(13(18)16-11-4-2-3-5-11)19-14-15-8-9-17(14)12-6-7-12/h8-12H,2-7H2,1H3,(H,16,18)/t10-/m1/s1. The number of hydrogen-bond acceptors (Lipinski definition) is 3. The van der Waals surface area contributed by atoms with E-state index in [-0.39, 0.29) is 11.2 Å². The van der Waals surface area contributed by atoms with Gasteiger partial charge in [0.05, 0.1) is 5.25 Å². The predicted molar refractivity (Wildman–Crippen MR) is 76.2 cm³/mol. The monoisotopic (exact) mass is 279 g/mol. The fourth-order valence-corrected chi connectivity index (χ4v) is 3.57. The van der Waals surface area contributed by atoms with Gasteiger partial charge in [0.2, 0.25) is 5.91 Å². The van der Waals surface area contributed by atoms with E-state index < -0.39 is 0 Å². The van der Waals surface area contributed by atoms with Gasteiger partial charge in [-0.2, -0.15) is 0 Å². The lowest BCUT2D eigenvalue weighted by Crippen LogP contribution is -2.37. The van der Waals surface area contributed by atoms with E-state index in [1.54, 1.807) is 11.8 Å². The Kier molecular flexibility index (Phi) is 3.82. The number of carbonyl (C=O) groups is 1. The molecule has 2 saturated carbocycles. The molecule has 2 aliphatic rings. The molecule has 1 aromatic rings. The van der Waals surface area contributed by atoms with Crippen molar-refractivity contribution in [2.24, 2.45) is 0 Å². The van der Waals surface area contributed by atoms with Crippen molar-refractivity contribution >= 4 is 17.7 Å². The van der Waals surface area contributed by atoms with Crippen molar-refractivity contribution in [1.29, 1.82) is 0 Å². The van der Waals surface area contributed by atoms with Gasteiger partial charge in [-0.3, -0.25) is 4.79 Å². The van der Waals surface area contributed by atoms with Crippen LogP contribution < -0.4 is 5.32 Å². The second kappa shape index (κ2) is 5.57. The Bertz CT molecular complexity index is 449. The summed E-state index contributed by atoms with van der Waals surface area (Å²) in [7, 11) is 0. The third kappa shape index (κ3) is 3.14. The maximum absolute atomic E-state index is 12.2.